The molecule has 1 aromatic carbocycles. The van der Waals surface area contributed by atoms with E-state index in [0.29, 0.717) is 0 Å². The molecule has 1 rings (SSSR count). The van der Waals surface area contributed by atoms with Crippen molar-refractivity contribution in [2.45, 2.75) is 37.7 Å². The number of ether oxygens (including phenoxy) is 2. The number of carbonyl (C=O) groups excluding carboxylic acids is 2. The van der Waals surface area contributed by atoms with Gasteiger partial charge in [-0.3, -0.25) is 19.7 Å². The Morgan fingerprint density at radius 2 is 1.82 bits per heavy atom. The maximum Gasteiger partial charge on any atom is 0.310 e. The molecule has 0 amide bonds. The first-order valence-electron chi connectivity index (χ1n) is 8.29. The summed E-state index contributed by atoms with van der Waals surface area (Å²) in [6, 6.07) is 4.87. The van der Waals surface area contributed by atoms with Crippen LogP contribution >= 0.6 is 0 Å². The van der Waals surface area contributed by atoms with Gasteiger partial charge in [-0.05, 0) is 26.8 Å². The third-order valence-electron chi connectivity index (χ3n) is 3.60. The zero-order chi connectivity index (χ0) is 21.7. The molecule has 0 unspecified atom stereocenters. The molecule has 0 bridgehead atoms. The lowest BCUT2D eigenvalue weighted by Crippen LogP contribution is -2.37. The fraction of sp³-hybridized carbons (Fsp3) is 0.529. The first-order valence-corrected chi connectivity index (χ1v) is 9.73. The van der Waals surface area contributed by atoms with Crippen molar-refractivity contribution >= 4 is 27.6 Å². The predicted octanol–water partition coefficient (Wildman–Crippen LogP) is 1.74. The van der Waals surface area contributed by atoms with Crippen molar-refractivity contribution < 1.29 is 32.4 Å². The maximum absolute atomic E-state index is 12.8. The van der Waals surface area contributed by atoms with Crippen LogP contribution in [0.4, 0.5) is 5.69 Å². The fourth-order valence-corrected chi connectivity index (χ4v) is 3.75. The standard InChI is InChI=1S/C17H24N2O8S/c1-17(2,3)27-15(20)10-12(16(21)26-5)11-18(4)28(24,25)14-9-7-6-8-13(14)19(22)23/h6-9,12H,10-11H2,1-5H3/t12-/m0/s1. The maximum atomic E-state index is 12.8. The van der Waals surface area contributed by atoms with Crippen LogP contribution in [0.5, 0.6) is 0 Å². The quantitative estimate of drug-likeness (QED) is 0.355. The Kier molecular flexibility index (Phi) is 7.65. The molecule has 1 aromatic rings. The molecular formula is C17H24N2O8S. The van der Waals surface area contributed by atoms with E-state index in [1.165, 1.54) is 12.1 Å². The van der Waals surface area contributed by atoms with Crippen LogP contribution in [0.1, 0.15) is 27.2 Å². The molecule has 0 aromatic heterocycles. The number of rotatable bonds is 8. The number of nitro groups is 1. The zero-order valence-corrected chi connectivity index (χ0v) is 17.2. The van der Waals surface area contributed by atoms with E-state index in [-0.39, 0.29) is 0 Å². The predicted molar refractivity (Wildman–Crippen MR) is 98.9 cm³/mol. The van der Waals surface area contributed by atoms with E-state index in [4.69, 9.17) is 4.74 Å². The number of hydrogen-bond donors (Lipinski definition) is 0. The average Bonchev–Trinajstić information content (AvgIpc) is 2.58. The van der Waals surface area contributed by atoms with Crippen LogP contribution in [0.15, 0.2) is 29.2 Å². The Bertz CT molecular complexity index is 845. The minimum absolute atomic E-state index is 0.402. The topological polar surface area (TPSA) is 133 Å². The number of benzene rings is 1. The van der Waals surface area contributed by atoms with Gasteiger partial charge in [0, 0.05) is 19.7 Å². The Morgan fingerprint density at radius 1 is 1.25 bits per heavy atom. The lowest BCUT2D eigenvalue weighted by molar-refractivity contribution is -0.387. The summed E-state index contributed by atoms with van der Waals surface area (Å²) in [4.78, 5) is 33.9. The molecular weight excluding hydrogens is 392 g/mol. The summed E-state index contributed by atoms with van der Waals surface area (Å²) >= 11 is 0. The van der Waals surface area contributed by atoms with Crippen molar-refractivity contribution in [1.29, 1.82) is 0 Å². The Hall–Kier alpha value is -2.53. The van der Waals surface area contributed by atoms with Gasteiger partial charge in [0.05, 0.1) is 24.4 Å². The molecule has 0 saturated carbocycles. The second kappa shape index (κ2) is 9.11. The van der Waals surface area contributed by atoms with Crippen molar-refractivity contribution in [1.82, 2.24) is 4.31 Å². The highest BCUT2D eigenvalue weighted by atomic mass is 32.2. The highest BCUT2D eigenvalue weighted by Gasteiger charge is 2.34. The number of hydrogen-bond acceptors (Lipinski definition) is 8. The van der Waals surface area contributed by atoms with Gasteiger partial charge >= 0.3 is 11.9 Å². The molecule has 11 heteroatoms. The van der Waals surface area contributed by atoms with E-state index < -0.39 is 62.0 Å². The van der Waals surface area contributed by atoms with Gasteiger partial charge in [-0.1, -0.05) is 12.1 Å². The van der Waals surface area contributed by atoms with Crippen LogP contribution in [-0.4, -0.2) is 55.9 Å². The number of para-hydroxylation sites is 1. The summed E-state index contributed by atoms with van der Waals surface area (Å²) in [5, 5.41) is 11.1. The first kappa shape index (κ1) is 23.5. The van der Waals surface area contributed by atoms with E-state index >= 15 is 0 Å². The highest BCUT2D eigenvalue weighted by Crippen LogP contribution is 2.26. The molecule has 0 spiro atoms. The highest BCUT2D eigenvalue weighted by molar-refractivity contribution is 7.89. The molecule has 0 saturated heterocycles. The lowest BCUT2D eigenvalue weighted by atomic mass is 10.1. The van der Waals surface area contributed by atoms with Crippen molar-refractivity contribution in [3.05, 3.63) is 34.4 Å². The van der Waals surface area contributed by atoms with E-state index in [2.05, 4.69) is 4.74 Å². The molecule has 0 radical (unpaired) electrons. The van der Waals surface area contributed by atoms with Crippen LogP contribution in [-0.2, 0) is 29.1 Å². The number of methoxy groups -OCH3 is 1. The smallest absolute Gasteiger partial charge is 0.310 e. The summed E-state index contributed by atoms with van der Waals surface area (Å²) in [6.07, 6.45) is -0.402. The molecule has 156 valence electrons. The van der Waals surface area contributed by atoms with Gasteiger partial charge in [0.25, 0.3) is 5.69 Å². The Balaban J connectivity index is 3.11. The molecule has 0 N–H and O–H groups in total. The number of nitrogens with zero attached hydrogens (tertiary/aromatic N) is 2. The molecule has 0 aliphatic carbocycles. The number of nitro benzene ring substituents is 1. The van der Waals surface area contributed by atoms with Crippen molar-refractivity contribution in [2.75, 3.05) is 20.7 Å². The van der Waals surface area contributed by atoms with Crippen LogP contribution in [0.3, 0.4) is 0 Å². The second-order valence-electron chi connectivity index (χ2n) is 7.02. The number of carbonyl (C=O) groups is 2. The van der Waals surface area contributed by atoms with Gasteiger partial charge in [0.15, 0.2) is 4.90 Å². The fourth-order valence-electron chi connectivity index (χ4n) is 2.38. The molecule has 10 nitrogen and oxygen atoms in total. The van der Waals surface area contributed by atoms with Crippen molar-refractivity contribution in [3.63, 3.8) is 0 Å². The molecule has 1 atom stereocenters. The van der Waals surface area contributed by atoms with Crippen LogP contribution < -0.4 is 0 Å². The summed E-state index contributed by atoms with van der Waals surface area (Å²) in [5.74, 6) is -2.63. The van der Waals surface area contributed by atoms with Crippen LogP contribution in [0.25, 0.3) is 0 Å². The minimum Gasteiger partial charge on any atom is -0.469 e. The Morgan fingerprint density at radius 3 is 2.32 bits per heavy atom. The van der Waals surface area contributed by atoms with E-state index in [1.807, 2.05) is 0 Å². The van der Waals surface area contributed by atoms with Crippen LogP contribution in [0, 0.1) is 16.0 Å². The first-order chi connectivity index (χ1) is 12.8. The lowest BCUT2D eigenvalue weighted by Gasteiger charge is -2.24. The van der Waals surface area contributed by atoms with Gasteiger partial charge in [-0.2, -0.15) is 4.31 Å². The van der Waals surface area contributed by atoms with Gasteiger partial charge < -0.3 is 9.47 Å². The van der Waals surface area contributed by atoms with Gasteiger partial charge in [0.1, 0.15) is 5.60 Å². The summed E-state index contributed by atoms with van der Waals surface area (Å²) in [5.41, 5.74) is -1.36. The molecule has 28 heavy (non-hydrogen) atoms. The van der Waals surface area contributed by atoms with Gasteiger partial charge in [-0.25, -0.2) is 8.42 Å². The normalized spacial score (nSPS) is 13.1. The molecule has 0 fully saturated rings. The van der Waals surface area contributed by atoms with E-state index in [9.17, 15) is 28.1 Å². The minimum atomic E-state index is -4.29. The largest absolute Gasteiger partial charge is 0.469 e. The molecule has 0 heterocycles. The van der Waals surface area contributed by atoms with Gasteiger partial charge in [0.2, 0.25) is 10.0 Å². The SMILES string of the molecule is COC(=O)[C@@H](CC(=O)OC(C)(C)C)CN(C)S(=O)(=O)c1ccccc1[N+](=O)[O-]. The number of esters is 2. The Labute approximate surface area is 163 Å². The monoisotopic (exact) mass is 416 g/mol. The summed E-state index contributed by atoms with van der Waals surface area (Å²) in [6.45, 7) is 4.55. The molecule has 0 aliphatic heterocycles. The van der Waals surface area contributed by atoms with E-state index in [0.717, 1.165) is 30.6 Å². The van der Waals surface area contributed by atoms with Crippen LogP contribution in [0.2, 0.25) is 0 Å². The van der Waals surface area contributed by atoms with Crippen molar-refractivity contribution in [3.8, 4) is 0 Å². The summed E-state index contributed by atoms with van der Waals surface area (Å²) in [7, 11) is -2.01. The third kappa shape index (κ3) is 6.27. The van der Waals surface area contributed by atoms with Crippen molar-refractivity contribution in [2.24, 2.45) is 5.92 Å². The van der Waals surface area contributed by atoms with Gasteiger partial charge in [-0.15, -0.1) is 0 Å². The number of sulfonamides is 1. The summed E-state index contributed by atoms with van der Waals surface area (Å²) < 4.78 is 36.1. The zero-order valence-electron chi connectivity index (χ0n) is 16.4. The molecule has 0 aliphatic rings. The third-order valence-corrected chi connectivity index (χ3v) is 5.47. The second-order valence-corrected chi connectivity index (χ2v) is 9.03. The average molecular weight is 416 g/mol. The van der Waals surface area contributed by atoms with E-state index in [1.54, 1.807) is 20.8 Å².